The van der Waals surface area contributed by atoms with Crippen LogP contribution in [0.25, 0.3) is 0 Å². The van der Waals surface area contributed by atoms with Crippen LogP contribution >= 0.6 is 0 Å². The van der Waals surface area contributed by atoms with Crippen LogP contribution in [-0.2, 0) is 10.0 Å². The van der Waals surface area contributed by atoms with Crippen LogP contribution in [0.4, 0.5) is 0 Å². The molecule has 0 aromatic heterocycles. The third kappa shape index (κ3) is 573. The molecule has 1 N–H and O–H groups in total. The molecule has 4 heteroatoms. The zero-order valence-electron chi connectivity index (χ0n) is 1.84. The molecule has 0 fully saturated rings. The van der Waals surface area contributed by atoms with E-state index in [4.69, 9.17) is 15.1 Å². The van der Waals surface area contributed by atoms with Crippen LogP contribution in [0, 0.1) is 0 Å². The third-order valence-corrected chi connectivity index (χ3v) is 0. The second-order valence-electron chi connectivity index (χ2n) is 0.307. The van der Waals surface area contributed by atoms with Gasteiger partial charge in [-0.25, -0.2) is 10.0 Å². The lowest BCUT2D eigenvalue weighted by Crippen LogP contribution is -2.01. The smallest absolute Gasteiger partial charge is 0.399 e. The summed E-state index contributed by atoms with van der Waals surface area (Å²) in [5, 5.41) is 24.0. The van der Waals surface area contributed by atoms with Crippen molar-refractivity contribution in [2.75, 3.05) is 0 Å². The molecular formula is HBO3. The molecule has 0 heterocycles. The van der Waals surface area contributed by atoms with E-state index in [-0.39, 0.29) is 0 Å². The molecule has 0 aliphatic rings. The van der Waals surface area contributed by atoms with Crippen molar-refractivity contribution in [1.29, 1.82) is 0 Å². The van der Waals surface area contributed by atoms with Gasteiger partial charge >= 0.3 is 7.32 Å². The van der Waals surface area contributed by atoms with Crippen molar-refractivity contribution in [3.05, 3.63) is 0 Å². The van der Waals surface area contributed by atoms with Gasteiger partial charge in [-0.1, -0.05) is 0 Å². The molecule has 0 amide bonds. The van der Waals surface area contributed by atoms with Crippen molar-refractivity contribution in [3.63, 3.8) is 0 Å². The van der Waals surface area contributed by atoms with Gasteiger partial charge in [0.2, 0.25) is 0 Å². The largest absolute Gasteiger partial charge is 0.691 e. The summed E-state index contributed by atoms with van der Waals surface area (Å²) < 4.78 is 0. The van der Waals surface area contributed by atoms with Gasteiger partial charge in [0.1, 0.15) is 0 Å². The van der Waals surface area contributed by atoms with Crippen LogP contribution < -0.4 is 0 Å². The third-order valence-electron chi connectivity index (χ3n) is 0. The lowest BCUT2D eigenvalue weighted by atomic mass is 10.3. The van der Waals surface area contributed by atoms with Gasteiger partial charge in [-0.3, -0.25) is 0 Å². The highest BCUT2D eigenvalue weighted by atomic mass is 16.5. The Balaban J connectivity index is 2.32. The fourth-order valence-corrected chi connectivity index (χ4v) is 0. The summed E-state index contributed by atoms with van der Waals surface area (Å²) in [7, 11) is -2.67. The molecule has 2 radical (unpaired) electrons. The van der Waals surface area contributed by atoms with Gasteiger partial charge in [-0.15, -0.1) is 0 Å². The topological polar surface area (TPSA) is 60.0 Å². The molecule has 22 valence electrons. The Hall–Kier alpha value is -0.0551. The molecule has 0 aromatic carbocycles. The van der Waals surface area contributed by atoms with Crippen molar-refractivity contribution >= 4 is 7.32 Å². The van der Waals surface area contributed by atoms with E-state index in [0.717, 1.165) is 0 Å². The molecule has 3 nitrogen and oxygen atoms in total. The highest BCUT2D eigenvalue weighted by Crippen LogP contribution is 1.46. The van der Waals surface area contributed by atoms with E-state index in [2.05, 4.69) is 0 Å². The second-order valence-corrected chi connectivity index (χ2v) is 0.307. The Morgan fingerprint density at radius 2 is 1.50 bits per heavy atom. The van der Waals surface area contributed by atoms with Gasteiger partial charge in [-0.2, -0.15) is 0 Å². The van der Waals surface area contributed by atoms with Crippen LogP contribution in [0.15, 0.2) is 0 Å². The molecule has 0 rings (SSSR count). The molecular weight excluding hydrogens is 58.8 g/mol. The van der Waals surface area contributed by atoms with Crippen molar-refractivity contribution in [3.8, 4) is 0 Å². The number of hydrogen-bond acceptors (Lipinski definition) is 1. The van der Waals surface area contributed by atoms with Gasteiger partial charge in [0, 0.05) is 0 Å². The quantitative estimate of drug-likeness (QED) is 0.351. The van der Waals surface area contributed by atoms with Gasteiger partial charge < -0.3 is 5.02 Å². The Kier molecular flexibility index (Phi) is 1.27. The molecule has 0 unspecified atom stereocenters. The van der Waals surface area contributed by atoms with E-state index >= 15 is 0 Å². The SMILES string of the molecule is [O]B([O])O. The van der Waals surface area contributed by atoms with Gasteiger partial charge in [0.15, 0.2) is 0 Å². The minimum absolute atomic E-state index is 2.67. The summed E-state index contributed by atoms with van der Waals surface area (Å²) in [5.41, 5.74) is 0. The Bertz CT molecular complexity index is 8.00. The lowest BCUT2D eigenvalue weighted by Gasteiger charge is -1.60. The number of rotatable bonds is 0. The van der Waals surface area contributed by atoms with E-state index in [0.29, 0.717) is 0 Å². The summed E-state index contributed by atoms with van der Waals surface area (Å²) in [5.74, 6) is 0. The average Bonchev–Trinajstić information content (AvgIpc) is 0.811. The van der Waals surface area contributed by atoms with Gasteiger partial charge in [0.05, 0.1) is 0 Å². The van der Waals surface area contributed by atoms with Crippen molar-refractivity contribution < 1.29 is 15.1 Å². The predicted molar refractivity (Wildman–Crippen MR) is 9.35 cm³/mol. The van der Waals surface area contributed by atoms with Crippen LogP contribution in [-0.4, -0.2) is 12.3 Å². The van der Waals surface area contributed by atoms with Gasteiger partial charge in [0.25, 0.3) is 0 Å². The second kappa shape index (κ2) is 1.28. The Morgan fingerprint density at radius 3 is 1.50 bits per heavy atom. The molecule has 0 aliphatic heterocycles. The van der Waals surface area contributed by atoms with Crippen LogP contribution in [0.3, 0.4) is 0 Å². The highest BCUT2D eigenvalue weighted by Gasteiger charge is 2.00. The fourth-order valence-electron chi connectivity index (χ4n) is 0. The van der Waals surface area contributed by atoms with Crippen molar-refractivity contribution in [1.82, 2.24) is 0 Å². The summed E-state index contributed by atoms with van der Waals surface area (Å²) >= 11 is 0. The number of hydrogen-bond donors (Lipinski definition) is 1. The summed E-state index contributed by atoms with van der Waals surface area (Å²) in [6.07, 6.45) is 0. The van der Waals surface area contributed by atoms with E-state index in [9.17, 15) is 0 Å². The maximum atomic E-state index is 8.53. The summed E-state index contributed by atoms with van der Waals surface area (Å²) in [4.78, 5) is 0. The standard InChI is InChI=1S/BHO3/c2-1(3)4/h2H. The van der Waals surface area contributed by atoms with E-state index in [1.54, 1.807) is 0 Å². The molecule has 0 saturated carbocycles. The maximum absolute atomic E-state index is 8.53. The summed E-state index contributed by atoms with van der Waals surface area (Å²) in [6.45, 7) is 0. The Labute approximate surface area is 23.7 Å². The van der Waals surface area contributed by atoms with Crippen LogP contribution in [0.5, 0.6) is 0 Å². The van der Waals surface area contributed by atoms with Crippen LogP contribution in [0.1, 0.15) is 0 Å². The lowest BCUT2D eigenvalue weighted by molar-refractivity contribution is 0.188. The molecule has 0 aliphatic carbocycles. The predicted octanol–water partition coefficient (Wildman–Crippen LogP) is -1.18. The minimum atomic E-state index is -2.67. The van der Waals surface area contributed by atoms with Crippen LogP contribution in [0.2, 0.25) is 0 Å². The fraction of sp³-hybridized carbons (Fsp3) is 0. The van der Waals surface area contributed by atoms with Crippen molar-refractivity contribution in [2.45, 2.75) is 0 Å². The molecule has 4 heavy (non-hydrogen) atoms. The summed E-state index contributed by atoms with van der Waals surface area (Å²) in [6, 6.07) is 0. The van der Waals surface area contributed by atoms with Gasteiger partial charge in [-0.05, 0) is 0 Å². The molecule has 0 atom stereocenters. The molecule has 0 bridgehead atoms. The van der Waals surface area contributed by atoms with Crippen molar-refractivity contribution in [2.24, 2.45) is 0 Å². The maximum Gasteiger partial charge on any atom is 0.691 e. The zero-order valence-corrected chi connectivity index (χ0v) is 1.84. The first kappa shape index (κ1) is 3.94. The first-order valence-corrected chi connectivity index (χ1v) is 0.730. The molecule has 0 spiro atoms. The minimum Gasteiger partial charge on any atom is -0.399 e. The first-order valence-electron chi connectivity index (χ1n) is 0.730. The zero-order chi connectivity index (χ0) is 3.58. The average molecular weight is 59.8 g/mol. The van der Waals surface area contributed by atoms with E-state index in [1.165, 1.54) is 0 Å². The highest BCUT2D eigenvalue weighted by molar-refractivity contribution is 6.29. The van der Waals surface area contributed by atoms with E-state index in [1.807, 2.05) is 0 Å². The Morgan fingerprint density at radius 1 is 1.50 bits per heavy atom. The molecule has 0 saturated heterocycles. The molecule has 0 aromatic rings. The first-order chi connectivity index (χ1) is 1.73. The van der Waals surface area contributed by atoms with E-state index < -0.39 is 7.32 Å². The monoisotopic (exact) mass is 60.0 g/mol. The normalized spacial score (nSPS) is 6.75.